The third-order valence-electron chi connectivity index (χ3n) is 6.04. The maximum Gasteiger partial charge on any atom is 0.188 e. The zero-order valence-corrected chi connectivity index (χ0v) is 20.5. The van der Waals surface area contributed by atoms with Crippen molar-refractivity contribution < 1.29 is 9.47 Å². The number of pyridine rings is 2. The Kier molecular flexibility index (Phi) is 5.87. The van der Waals surface area contributed by atoms with Crippen molar-refractivity contribution in [3.05, 3.63) is 42.7 Å². The zero-order valence-electron chi connectivity index (χ0n) is 20.5. The lowest BCUT2D eigenvalue weighted by Crippen LogP contribution is -2.44. The molecule has 1 aliphatic rings. The molecule has 0 saturated carbocycles. The molecule has 3 aromatic heterocycles. The number of hydrogen-bond acceptors (Lipinski definition) is 7. The lowest BCUT2D eigenvalue weighted by atomic mass is 10.0. The van der Waals surface area contributed by atoms with Gasteiger partial charge in [-0.25, -0.2) is 9.97 Å². The molecule has 0 bridgehead atoms. The molecule has 1 unspecified atom stereocenters. The van der Waals surface area contributed by atoms with Crippen LogP contribution in [0.4, 0.5) is 5.82 Å². The van der Waals surface area contributed by atoms with E-state index < -0.39 is 0 Å². The number of fused-ring (bicyclic) bond motifs is 2. The SMILES string of the molecule is COCOc1cc2nn(C)cc2cc1-c1cnc2nc(N3CCC(NC(C)(C)C)C3)ccc2c1. The van der Waals surface area contributed by atoms with Gasteiger partial charge >= 0.3 is 0 Å². The Labute approximate surface area is 199 Å². The Hall–Kier alpha value is -3.23. The van der Waals surface area contributed by atoms with Crippen LogP contribution in [0.3, 0.4) is 0 Å². The molecule has 178 valence electrons. The highest BCUT2D eigenvalue weighted by atomic mass is 16.7. The van der Waals surface area contributed by atoms with Crippen molar-refractivity contribution in [2.75, 3.05) is 31.9 Å². The van der Waals surface area contributed by atoms with Crippen LogP contribution in [0.5, 0.6) is 5.75 Å². The first kappa shape index (κ1) is 22.6. The first-order chi connectivity index (χ1) is 16.3. The van der Waals surface area contributed by atoms with E-state index >= 15 is 0 Å². The van der Waals surface area contributed by atoms with Crippen molar-refractivity contribution in [1.29, 1.82) is 0 Å². The van der Waals surface area contributed by atoms with Crippen LogP contribution in [0.25, 0.3) is 33.1 Å². The Balaban J connectivity index is 1.44. The van der Waals surface area contributed by atoms with Gasteiger partial charge in [0.25, 0.3) is 0 Å². The van der Waals surface area contributed by atoms with Gasteiger partial charge in [-0.3, -0.25) is 4.68 Å². The van der Waals surface area contributed by atoms with Gasteiger partial charge < -0.3 is 19.7 Å². The number of ether oxygens (including phenoxy) is 2. The summed E-state index contributed by atoms with van der Waals surface area (Å²) in [7, 11) is 3.53. The molecule has 1 aliphatic heterocycles. The van der Waals surface area contributed by atoms with Crippen LogP contribution in [0.15, 0.2) is 42.7 Å². The lowest BCUT2D eigenvalue weighted by molar-refractivity contribution is 0.0516. The van der Waals surface area contributed by atoms with E-state index in [4.69, 9.17) is 19.4 Å². The van der Waals surface area contributed by atoms with Crippen molar-refractivity contribution in [3.63, 3.8) is 0 Å². The first-order valence-electron chi connectivity index (χ1n) is 11.7. The second kappa shape index (κ2) is 8.85. The maximum absolute atomic E-state index is 5.87. The number of methoxy groups -OCH3 is 1. The topological polar surface area (TPSA) is 77.3 Å². The van der Waals surface area contributed by atoms with Gasteiger partial charge in [0.05, 0.1) is 5.52 Å². The first-order valence-corrected chi connectivity index (χ1v) is 11.7. The van der Waals surface area contributed by atoms with Crippen molar-refractivity contribution in [2.24, 2.45) is 7.05 Å². The van der Waals surface area contributed by atoms with Crippen LogP contribution >= 0.6 is 0 Å². The number of hydrogen-bond donors (Lipinski definition) is 1. The molecule has 1 aromatic carbocycles. The van der Waals surface area contributed by atoms with Gasteiger partial charge in [0.1, 0.15) is 11.6 Å². The molecule has 5 rings (SSSR count). The molecular weight excluding hydrogens is 428 g/mol. The highest BCUT2D eigenvalue weighted by molar-refractivity contribution is 5.90. The third-order valence-corrected chi connectivity index (χ3v) is 6.04. The largest absolute Gasteiger partial charge is 0.467 e. The highest BCUT2D eigenvalue weighted by Gasteiger charge is 2.26. The summed E-state index contributed by atoms with van der Waals surface area (Å²) in [6, 6.07) is 10.8. The maximum atomic E-state index is 5.87. The summed E-state index contributed by atoms with van der Waals surface area (Å²) in [5, 5.41) is 10.2. The summed E-state index contributed by atoms with van der Waals surface area (Å²) in [4.78, 5) is 11.9. The van der Waals surface area contributed by atoms with Crippen LogP contribution in [0.2, 0.25) is 0 Å². The predicted octanol–water partition coefficient (Wildman–Crippen LogP) is 4.13. The van der Waals surface area contributed by atoms with E-state index in [0.717, 1.165) is 58.4 Å². The molecule has 0 aliphatic carbocycles. The Morgan fingerprint density at radius 3 is 2.79 bits per heavy atom. The summed E-state index contributed by atoms with van der Waals surface area (Å²) in [6.45, 7) is 8.75. The number of aryl methyl sites for hydroxylation is 1. The molecule has 8 nitrogen and oxygen atoms in total. The van der Waals surface area contributed by atoms with Gasteiger partial charge in [-0.05, 0) is 51.5 Å². The summed E-state index contributed by atoms with van der Waals surface area (Å²) in [5.41, 5.74) is 3.65. The van der Waals surface area contributed by atoms with Gasteiger partial charge in [-0.15, -0.1) is 0 Å². The third kappa shape index (κ3) is 4.69. The molecule has 1 N–H and O–H groups in total. The molecule has 1 saturated heterocycles. The molecular formula is C26H32N6O2. The Bertz CT molecular complexity index is 1330. The minimum absolute atomic E-state index is 0.111. The quantitative estimate of drug-likeness (QED) is 0.434. The van der Waals surface area contributed by atoms with Crippen LogP contribution in [0, 0.1) is 0 Å². The molecule has 4 heterocycles. The number of nitrogens with zero attached hydrogens (tertiary/aromatic N) is 5. The van der Waals surface area contributed by atoms with Crippen LogP contribution in [-0.2, 0) is 11.8 Å². The normalized spacial score (nSPS) is 16.6. The number of anilines is 1. The molecule has 0 spiro atoms. The Morgan fingerprint density at radius 1 is 1.15 bits per heavy atom. The van der Waals surface area contributed by atoms with Crippen molar-refractivity contribution in [1.82, 2.24) is 25.1 Å². The zero-order chi connectivity index (χ0) is 23.9. The number of benzene rings is 1. The van der Waals surface area contributed by atoms with Gasteiger partial charge in [0, 0.05) is 79.2 Å². The van der Waals surface area contributed by atoms with Crippen LogP contribution in [-0.4, -0.2) is 58.3 Å². The second-order valence-corrected chi connectivity index (χ2v) is 10.0. The molecule has 4 aromatic rings. The van der Waals surface area contributed by atoms with Gasteiger partial charge in [0.15, 0.2) is 12.4 Å². The molecule has 34 heavy (non-hydrogen) atoms. The van der Waals surface area contributed by atoms with Crippen molar-refractivity contribution in [2.45, 2.75) is 38.8 Å². The predicted molar refractivity (Wildman–Crippen MR) is 135 cm³/mol. The van der Waals surface area contributed by atoms with E-state index in [2.05, 4.69) is 60.4 Å². The lowest BCUT2D eigenvalue weighted by Gasteiger charge is -2.26. The highest BCUT2D eigenvalue weighted by Crippen LogP contribution is 2.35. The second-order valence-electron chi connectivity index (χ2n) is 10.0. The standard InChI is InChI=1S/C26H32N6O2/c1-26(2,3)29-20-8-9-32(15-20)24-7-6-17-10-18(13-27-25(17)28-24)21-11-19-14-31(4)30-22(19)12-23(21)34-16-33-5/h6-7,10-14,20,29H,8-9,15-16H2,1-5H3. The van der Waals surface area contributed by atoms with E-state index in [1.807, 2.05) is 25.5 Å². The van der Waals surface area contributed by atoms with E-state index in [-0.39, 0.29) is 12.3 Å². The molecule has 0 amide bonds. The smallest absolute Gasteiger partial charge is 0.188 e. The molecule has 8 heteroatoms. The summed E-state index contributed by atoms with van der Waals surface area (Å²) >= 11 is 0. The average molecular weight is 461 g/mol. The van der Waals surface area contributed by atoms with Gasteiger partial charge in [-0.1, -0.05) is 0 Å². The van der Waals surface area contributed by atoms with Crippen LogP contribution in [0.1, 0.15) is 27.2 Å². The summed E-state index contributed by atoms with van der Waals surface area (Å²) in [5.74, 6) is 1.69. The summed E-state index contributed by atoms with van der Waals surface area (Å²) in [6.07, 6.45) is 4.98. The number of aromatic nitrogens is 4. The van der Waals surface area contributed by atoms with Gasteiger partial charge in [-0.2, -0.15) is 5.10 Å². The summed E-state index contributed by atoms with van der Waals surface area (Å²) < 4.78 is 12.8. The fraction of sp³-hybridized carbons (Fsp3) is 0.423. The minimum atomic E-state index is 0.111. The average Bonchev–Trinajstić information content (AvgIpc) is 3.40. The fourth-order valence-electron chi connectivity index (χ4n) is 4.67. The Morgan fingerprint density at radius 2 is 2.00 bits per heavy atom. The van der Waals surface area contributed by atoms with Crippen molar-refractivity contribution in [3.8, 4) is 16.9 Å². The molecule has 1 fully saturated rings. The van der Waals surface area contributed by atoms with E-state index in [9.17, 15) is 0 Å². The van der Waals surface area contributed by atoms with Gasteiger partial charge in [0.2, 0.25) is 0 Å². The van der Waals surface area contributed by atoms with E-state index in [1.54, 1.807) is 11.8 Å². The van der Waals surface area contributed by atoms with E-state index in [0.29, 0.717) is 11.8 Å². The molecule has 1 atom stereocenters. The van der Waals surface area contributed by atoms with Crippen LogP contribution < -0.4 is 15.0 Å². The van der Waals surface area contributed by atoms with Crippen molar-refractivity contribution >= 4 is 27.8 Å². The fourth-order valence-corrected chi connectivity index (χ4v) is 4.67. The monoisotopic (exact) mass is 460 g/mol. The molecule has 0 radical (unpaired) electrons. The number of nitrogens with one attached hydrogen (secondary N) is 1. The number of rotatable bonds is 6. The minimum Gasteiger partial charge on any atom is -0.467 e. The van der Waals surface area contributed by atoms with E-state index in [1.165, 1.54) is 0 Å².